The minimum Gasteiger partial charge on any atom is -0.496 e. The van der Waals surface area contributed by atoms with Crippen LogP contribution in [0.4, 0.5) is 4.39 Å². The van der Waals surface area contributed by atoms with Crippen LogP contribution in [0, 0.1) is 11.7 Å². The van der Waals surface area contributed by atoms with E-state index >= 15 is 0 Å². The first-order chi connectivity index (χ1) is 7.60. The fraction of sp³-hybridized carbons (Fsp3) is 0.538. The highest BCUT2D eigenvalue weighted by atomic mass is 19.1. The molecule has 0 spiro atoms. The van der Waals surface area contributed by atoms with E-state index in [4.69, 9.17) is 10.5 Å². The highest BCUT2D eigenvalue weighted by molar-refractivity contribution is 5.36. The van der Waals surface area contributed by atoms with Gasteiger partial charge in [0.15, 0.2) is 0 Å². The molecule has 16 heavy (non-hydrogen) atoms. The maximum absolute atomic E-state index is 13.2. The second-order valence-electron chi connectivity index (χ2n) is 4.18. The van der Waals surface area contributed by atoms with Crippen molar-refractivity contribution in [1.29, 1.82) is 0 Å². The fourth-order valence-electron chi connectivity index (χ4n) is 1.91. The Kier molecular flexibility index (Phi) is 4.74. The van der Waals surface area contributed by atoms with Gasteiger partial charge in [-0.1, -0.05) is 20.3 Å². The predicted molar refractivity (Wildman–Crippen MR) is 64.0 cm³/mol. The van der Waals surface area contributed by atoms with Crippen LogP contribution < -0.4 is 10.5 Å². The predicted octanol–water partition coefficient (Wildman–Crippen LogP) is 3.27. The average molecular weight is 225 g/mol. The van der Waals surface area contributed by atoms with Crippen molar-refractivity contribution in [3.05, 3.63) is 29.6 Å². The molecule has 1 aromatic carbocycles. The molecule has 0 saturated carbocycles. The first-order valence-corrected chi connectivity index (χ1v) is 5.69. The quantitative estimate of drug-likeness (QED) is 0.834. The van der Waals surface area contributed by atoms with E-state index in [0.717, 1.165) is 18.4 Å². The highest BCUT2D eigenvalue weighted by Crippen LogP contribution is 2.30. The molecular formula is C13H20FNO. The molecule has 0 aliphatic rings. The topological polar surface area (TPSA) is 35.2 Å². The Morgan fingerprint density at radius 1 is 1.44 bits per heavy atom. The molecule has 2 N–H and O–H groups in total. The number of hydrogen-bond donors (Lipinski definition) is 1. The fourth-order valence-corrected chi connectivity index (χ4v) is 1.91. The summed E-state index contributed by atoms with van der Waals surface area (Å²) in [4.78, 5) is 0. The van der Waals surface area contributed by atoms with Crippen LogP contribution in [0.2, 0.25) is 0 Å². The van der Waals surface area contributed by atoms with Gasteiger partial charge in [0, 0.05) is 11.6 Å². The molecule has 3 heteroatoms. The minimum absolute atomic E-state index is 0.175. The molecule has 0 aliphatic carbocycles. The Morgan fingerprint density at radius 3 is 2.69 bits per heavy atom. The maximum atomic E-state index is 13.2. The first-order valence-electron chi connectivity index (χ1n) is 5.69. The summed E-state index contributed by atoms with van der Waals surface area (Å²) in [6.45, 7) is 4.20. The SMILES string of the molecule is CCCC(C)C(N)c1cc(F)ccc1OC. The standard InChI is InChI=1S/C13H20FNO/c1-4-5-9(2)13(15)11-8-10(14)6-7-12(11)16-3/h6-9,13H,4-5,15H2,1-3H3. The van der Waals surface area contributed by atoms with E-state index in [1.165, 1.54) is 12.1 Å². The Labute approximate surface area is 96.6 Å². The molecule has 0 bridgehead atoms. The molecule has 1 aromatic rings. The summed E-state index contributed by atoms with van der Waals surface area (Å²) >= 11 is 0. The molecule has 0 fully saturated rings. The lowest BCUT2D eigenvalue weighted by atomic mass is 9.91. The molecule has 0 aromatic heterocycles. The number of hydrogen-bond acceptors (Lipinski definition) is 2. The summed E-state index contributed by atoms with van der Waals surface area (Å²) in [6.07, 6.45) is 2.10. The minimum atomic E-state index is -0.269. The van der Waals surface area contributed by atoms with Gasteiger partial charge in [0.1, 0.15) is 11.6 Å². The zero-order valence-electron chi connectivity index (χ0n) is 10.2. The van der Waals surface area contributed by atoms with Gasteiger partial charge < -0.3 is 10.5 Å². The van der Waals surface area contributed by atoms with Gasteiger partial charge in [0.2, 0.25) is 0 Å². The molecule has 1 rings (SSSR count). The summed E-state index contributed by atoms with van der Waals surface area (Å²) in [6, 6.07) is 4.31. The van der Waals surface area contributed by atoms with Crippen LogP contribution >= 0.6 is 0 Å². The largest absolute Gasteiger partial charge is 0.496 e. The third-order valence-corrected chi connectivity index (χ3v) is 2.91. The molecular weight excluding hydrogens is 205 g/mol. The summed E-state index contributed by atoms with van der Waals surface area (Å²) < 4.78 is 18.4. The molecule has 2 nitrogen and oxygen atoms in total. The van der Waals surface area contributed by atoms with Gasteiger partial charge in [0.05, 0.1) is 7.11 Å². The zero-order chi connectivity index (χ0) is 12.1. The number of methoxy groups -OCH3 is 1. The van der Waals surface area contributed by atoms with E-state index in [0.29, 0.717) is 11.7 Å². The summed E-state index contributed by atoms with van der Waals surface area (Å²) in [7, 11) is 1.58. The van der Waals surface area contributed by atoms with Crippen LogP contribution in [0.25, 0.3) is 0 Å². The van der Waals surface area contributed by atoms with Gasteiger partial charge in [-0.15, -0.1) is 0 Å². The van der Waals surface area contributed by atoms with E-state index < -0.39 is 0 Å². The van der Waals surface area contributed by atoms with Crippen molar-refractivity contribution in [2.45, 2.75) is 32.7 Å². The third-order valence-electron chi connectivity index (χ3n) is 2.91. The zero-order valence-corrected chi connectivity index (χ0v) is 10.2. The van der Waals surface area contributed by atoms with Crippen LogP contribution in [0.15, 0.2) is 18.2 Å². The van der Waals surface area contributed by atoms with Crippen LogP contribution in [0.1, 0.15) is 38.3 Å². The van der Waals surface area contributed by atoms with Crippen LogP contribution in [0.3, 0.4) is 0 Å². The van der Waals surface area contributed by atoms with Crippen molar-refractivity contribution in [1.82, 2.24) is 0 Å². The normalized spacial score (nSPS) is 14.6. The summed E-state index contributed by atoms with van der Waals surface area (Å²) in [5, 5.41) is 0. The van der Waals surface area contributed by atoms with Crippen molar-refractivity contribution in [2.75, 3.05) is 7.11 Å². The van der Waals surface area contributed by atoms with Gasteiger partial charge in [-0.3, -0.25) is 0 Å². The Hall–Kier alpha value is -1.09. The van der Waals surface area contributed by atoms with E-state index in [9.17, 15) is 4.39 Å². The van der Waals surface area contributed by atoms with E-state index in [-0.39, 0.29) is 11.9 Å². The van der Waals surface area contributed by atoms with E-state index in [1.807, 2.05) is 0 Å². The Balaban J connectivity index is 2.96. The van der Waals surface area contributed by atoms with Crippen molar-refractivity contribution in [3.63, 3.8) is 0 Å². The summed E-state index contributed by atoms with van der Waals surface area (Å²) in [5.41, 5.74) is 6.88. The number of rotatable bonds is 5. The van der Waals surface area contributed by atoms with Gasteiger partial charge >= 0.3 is 0 Å². The first kappa shape index (κ1) is 13.0. The molecule has 0 heterocycles. The second-order valence-corrected chi connectivity index (χ2v) is 4.18. The van der Waals surface area contributed by atoms with Crippen LogP contribution in [0.5, 0.6) is 5.75 Å². The maximum Gasteiger partial charge on any atom is 0.123 e. The van der Waals surface area contributed by atoms with Gasteiger partial charge in [-0.25, -0.2) is 4.39 Å². The van der Waals surface area contributed by atoms with Gasteiger partial charge in [-0.2, -0.15) is 0 Å². The lowest BCUT2D eigenvalue weighted by Gasteiger charge is -2.21. The lowest BCUT2D eigenvalue weighted by molar-refractivity contribution is 0.381. The van der Waals surface area contributed by atoms with Crippen molar-refractivity contribution in [3.8, 4) is 5.75 Å². The number of nitrogens with two attached hydrogens (primary N) is 1. The molecule has 90 valence electrons. The molecule has 0 aliphatic heterocycles. The van der Waals surface area contributed by atoms with Crippen molar-refractivity contribution < 1.29 is 9.13 Å². The Morgan fingerprint density at radius 2 is 2.12 bits per heavy atom. The lowest BCUT2D eigenvalue weighted by Crippen LogP contribution is -2.20. The van der Waals surface area contributed by atoms with Crippen molar-refractivity contribution >= 4 is 0 Å². The smallest absolute Gasteiger partial charge is 0.123 e. The highest BCUT2D eigenvalue weighted by Gasteiger charge is 2.18. The number of benzene rings is 1. The number of ether oxygens (including phenoxy) is 1. The van der Waals surface area contributed by atoms with E-state index in [1.54, 1.807) is 13.2 Å². The molecule has 2 atom stereocenters. The summed E-state index contributed by atoms with van der Waals surface area (Å²) in [5.74, 6) is 0.715. The molecule has 0 radical (unpaired) electrons. The van der Waals surface area contributed by atoms with Gasteiger partial charge in [0.25, 0.3) is 0 Å². The average Bonchev–Trinajstić information content (AvgIpc) is 2.28. The molecule has 0 saturated heterocycles. The van der Waals surface area contributed by atoms with Gasteiger partial charge in [-0.05, 0) is 30.5 Å². The van der Waals surface area contributed by atoms with Crippen LogP contribution in [-0.2, 0) is 0 Å². The van der Waals surface area contributed by atoms with Crippen LogP contribution in [-0.4, -0.2) is 7.11 Å². The Bertz CT molecular complexity index is 341. The van der Waals surface area contributed by atoms with Crippen molar-refractivity contribution in [2.24, 2.45) is 11.7 Å². The monoisotopic (exact) mass is 225 g/mol. The molecule has 0 amide bonds. The second kappa shape index (κ2) is 5.85. The third kappa shape index (κ3) is 2.95. The van der Waals surface area contributed by atoms with E-state index in [2.05, 4.69) is 13.8 Å². The number of halogens is 1. The molecule has 2 unspecified atom stereocenters.